The second-order valence-electron chi connectivity index (χ2n) is 7.15. The fourth-order valence-electron chi connectivity index (χ4n) is 3.82. The first-order valence-corrected chi connectivity index (χ1v) is 9.68. The molecule has 0 saturated heterocycles. The van der Waals surface area contributed by atoms with Crippen molar-refractivity contribution in [2.45, 2.75) is 25.2 Å². The Labute approximate surface area is 165 Å². The summed E-state index contributed by atoms with van der Waals surface area (Å²) in [5, 5.41) is 3.41. The predicted molar refractivity (Wildman–Crippen MR) is 113 cm³/mol. The number of carbonyl (C=O) groups excluding carboxylic acids is 1. The number of rotatable bonds is 6. The van der Waals surface area contributed by atoms with Crippen LogP contribution in [0.2, 0.25) is 0 Å². The molecule has 1 N–H and O–H groups in total. The molecular weight excluding hydrogens is 348 g/mol. The highest BCUT2D eigenvalue weighted by Gasteiger charge is 2.22. The fourth-order valence-corrected chi connectivity index (χ4v) is 3.82. The van der Waals surface area contributed by atoms with E-state index in [1.165, 1.54) is 11.3 Å². The normalized spacial score (nSPS) is 15.5. The van der Waals surface area contributed by atoms with Gasteiger partial charge in [-0.05, 0) is 49.1 Å². The van der Waals surface area contributed by atoms with E-state index >= 15 is 0 Å². The van der Waals surface area contributed by atoms with Crippen molar-refractivity contribution in [3.05, 3.63) is 77.7 Å². The first kappa shape index (κ1) is 18.2. The number of benzene rings is 1. The van der Waals surface area contributed by atoms with Crippen LogP contribution < -0.4 is 10.2 Å². The topological polar surface area (TPSA) is 58.1 Å². The van der Waals surface area contributed by atoms with Crippen LogP contribution in [-0.4, -0.2) is 29.8 Å². The highest BCUT2D eigenvalue weighted by Crippen LogP contribution is 2.33. The molecule has 1 unspecified atom stereocenters. The number of nitrogens with zero attached hydrogens (tertiary/aromatic N) is 3. The zero-order valence-electron chi connectivity index (χ0n) is 16.0. The van der Waals surface area contributed by atoms with E-state index in [-0.39, 0.29) is 0 Å². The molecule has 0 fully saturated rings. The molecule has 0 spiro atoms. The molecule has 5 heteroatoms. The molecule has 1 atom stereocenters. The number of aromatic nitrogens is 2. The third-order valence-electron chi connectivity index (χ3n) is 5.41. The molecule has 28 heavy (non-hydrogen) atoms. The number of aldehydes is 1. The Bertz CT molecular complexity index is 958. The van der Waals surface area contributed by atoms with Gasteiger partial charge in [-0.25, -0.2) is 4.98 Å². The minimum Gasteiger partial charge on any atom is -0.383 e. The third kappa shape index (κ3) is 3.74. The van der Waals surface area contributed by atoms with Crippen molar-refractivity contribution in [1.82, 2.24) is 9.97 Å². The number of aryl methyl sites for hydroxylation is 1. The molecule has 3 aromatic rings. The zero-order valence-corrected chi connectivity index (χ0v) is 16.0. The van der Waals surface area contributed by atoms with Crippen molar-refractivity contribution in [3.63, 3.8) is 0 Å². The summed E-state index contributed by atoms with van der Waals surface area (Å²) in [4.78, 5) is 22.4. The number of carbonyl (C=O) groups is 1. The molecule has 1 aliphatic carbocycles. The summed E-state index contributed by atoms with van der Waals surface area (Å²) >= 11 is 0. The van der Waals surface area contributed by atoms with E-state index in [2.05, 4.69) is 46.5 Å². The maximum atomic E-state index is 11.2. The molecule has 4 rings (SSSR count). The molecule has 0 bridgehead atoms. The Morgan fingerprint density at radius 2 is 2.04 bits per heavy atom. The van der Waals surface area contributed by atoms with Crippen LogP contribution in [0.3, 0.4) is 0 Å². The van der Waals surface area contributed by atoms with Crippen molar-refractivity contribution in [2.24, 2.45) is 0 Å². The average Bonchev–Trinajstić information content (AvgIpc) is 2.77. The summed E-state index contributed by atoms with van der Waals surface area (Å²) in [6.07, 6.45) is 7.47. The van der Waals surface area contributed by atoms with Crippen molar-refractivity contribution < 1.29 is 4.79 Å². The highest BCUT2D eigenvalue weighted by molar-refractivity contribution is 5.83. The van der Waals surface area contributed by atoms with Crippen LogP contribution in [0, 0.1) is 0 Å². The number of anilines is 3. The van der Waals surface area contributed by atoms with Gasteiger partial charge in [-0.3, -0.25) is 9.78 Å². The van der Waals surface area contributed by atoms with E-state index in [0.29, 0.717) is 11.5 Å². The van der Waals surface area contributed by atoms with Gasteiger partial charge in [0.15, 0.2) is 6.29 Å². The molecule has 1 aromatic carbocycles. The van der Waals surface area contributed by atoms with Crippen LogP contribution in [0.1, 0.15) is 40.4 Å². The fraction of sp³-hybridized carbons (Fsp3) is 0.261. The van der Waals surface area contributed by atoms with Gasteiger partial charge in [-0.1, -0.05) is 24.3 Å². The SMILES string of the molecule is CN(c1ccccc1)c1ccc2c(n1)CCCC2CNc1cnccc1C=O. The number of hydrogen-bond acceptors (Lipinski definition) is 5. The van der Waals surface area contributed by atoms with Crippen molar-refractivity contribution >= 4 is 23.5 Å². The molecule has 0 aliphatic heterocycles. The van der Waals surface area contributed by atoms with E-state index in [1.54, 1.807) is 18.5 Å². The van der Waals surface area contributed by atoms with Gasteiger partial charge in [0.2, 0.25) is 0 Å². The van der Waals surface area contributed by atoms with Gasteiger partial charge in [-0.2, -0.15) is 0 Å². The van der Waals surface area contributed by atoms with Crippen LogP contribution in [0.15, 0.2) is 60.9 Å². The lowest BCUT2D eigenvalue weighted by atomic mass is 9.85. The Balaban J connectivity index is 1.52. The molecule has 142 valence electrons. The first-order valence-electron chi connectivity index (χ1n) is 9.68. The maximum Gasteiger partial charge on any atom is 0.152 e. The minimum absolute atomic E-state index is 0.382. The van der Waals surface area contributed by atoms with Crippen LogP contribution in [0.4, 0.5) is 17.2 Å². The molecule has 0 saturated carbocycles. The predicted octanol–water partition coefficient (Wildman–Crippen LogP) is 4.59. The van der Waals surface area contributed by atoms with Crippen molar-refractivity contribution in [3.8, 4) is 0 Å². The summed E-state index contributed by atoms with van der Waals surface area (Å²) in [5.41, 5.74) is 5.05. The highest BCUT2D eigenvalue weighted by atomic mass is 16.1. The van der Waals surface area contributed by atoms with Gasteiger partial charge in [0.1, 0.15) is 5.82 Å². The van der Waals surface area contributed by atoms with Crippen LogP contribution in [0.25, 0.3) is 0 Å². The van der Waals surface area contributed by atoms with Crippen LogP contribution >= 0.6 is 0 Å². The van der Waals surface area contributed by atoms with Gasteiger partial charge in [-0.15, -0.1) is 0 Å². The summed E-state index contributed by atoms with van der Waals surface area (Å²) in [7, 11) is 2.05. The molecule has 5 nitrogen and oxygen atoms in total. The second-order valence-corrected chi connectivity index (χ2v) is 7.15. The molecule has 0 amide bonds. The summed E-state index contributed by atoms with van der Waals surface area (Å²) in [6.45, 7) is 0.773. The average molecular weight is 372 g/mol. The number of hydrogen-bond donors (Lipinski definition) is 1. The molecule has 0 radical (unpaired) electrons. The first-order chi connectivity index (χ1) is 13.8. The summed E-state index contributed by atoms with van der Waals surface area (Å²) in [6, 6.07) is 16.3. The Morgan fingerprint density at radius 3 is 2.86 bits per heavy atom. The van der Waals surface area contributed by atoms with Gasteiger partial charge in [0.05, 0.1) is 11.9 Å². The lowest BCUT2D eigenvalue weighted by molar-refractivity contribution is 0.112. The summed E-state index contributed by atoms with van der Waals surface area (Å²) < 4.78 is 0. The van der Waals surface area contributed by atoms with Gasteiger partial charge < -0.3 is 10.2 Å². The largest absolute Gasteiger partial charge is 0.383 e. The third-order valence-corrected chi connectivity index (χ3v) is 5.41. The standard InChI is InChI=1S/C23H24N4O/c1-27(19-7-3-2-4-8-19)23-11-10-20-17(6-5-9-21(20)26-23)14-25-22-15-24-13-12-18(22)16-28/h2-4,7-8,10-13,15-17,25H,5-6,9,14H2,1H3. The van der Waals surface area contributed by atoms with E-state index in [9.17, 15) is 4.79 Å². The lowest BCUT2D eigenvalue weighted by Crippen LogP contribution is -2.21. The van der Waals surface area contributed by atoms with E-state index in [1.807, 2.05) is 18.2 Å². The van der Waals surface area contributed by atoms with Gasteiger partial charge in [0.25, 0.3) is 0 Å². The Kier molecular flexibility index (Phi) is 5.33. The Hall–Kier alpha value is -3.21. The maximum absolute atomic E-state index is 11.2. The van der Waals surface area contributed by atoms with Gasteiger partial charge in [0, 0.05) is 42.7 Å². The molecule has 1 aliphatic rings. The number of pyridine rings is 2. The van der Waals surface area contributed by atoms with E-state index in [4.69, 9.17) is 4.98 Å². The number of fused-ring (bicyclic) bond motifs is 1. The number of para-hydroxylation sites is 1. The van der Waals surface area contributed by atoms with Crippen LogP contribution in [0.5, 0.6) is 0 Å². The Morgan fingerprint density at radius 1 is 1.18 bits per heavy atom. The summed E-state index contributed by atoms with van der Waals surface area (Å²) in [5.74, 6) is 1.35. The lowest BCUT2D eigenvalue weighted by Gasteiger charge is -2.27. The quantitative estimate of drug-likeness (QED) is 0.642. The smallest absolute Gasteiger partial charge is 0.152 e. The molecule has 2 aromatic heterocycles. The number of nitrogens with one attached hydrogen (secondary N) is 1. The zero-order chi connectivity index (χ0) is 19.3. The monoisotopic (exact) mass is 372 g/mol. The molecule has 2 heterocycles. The van der Waals surface area contributed by atoms with E-state index < -0.39 is 0 Å². The second kappa shape index (κ2) is 8.21. The minimum atomic E-state index is 0.382. The van der Waals surface area contributed by atoms with Crippen molar-refractivity contribution in [2.75, 3.05) is 23.8 Å². The van der Waals surface area contributed by atoms with Crippen LogP contribution in [-0.2, 0) is 6.42 Å². The van der Waals surface area contributed by atoms with Gasteiger partial charge >= 0.3 is 0 Å². The van der Waals surface area contributed by atoms with Crippen molar-refractivity contribution in [1.29, 1.82) is 0 Å². The van der Waals surface area contributed by atoms with E-state index in [0.717, 1.165) is 49.3 Å². The molecular formula is C23H24N4O.